The first-order valence-electron chi connectivity index (χ1n) is 7.62. The molecule has 122 valence electrons. The van der Waals surface area contributed by atoms with Gasteiger partial charge in [-0.2, -0.15) is 5.10 Å². The molecule has 0 spiro atoms. The van der Waals surface area contributed by atoms with Crippen molar-refractivity contribution in [3.05, 3.63) is 34.2 Å². The lowest BCUT2D eigenvalue weighted by molar-refractivity contribution is 0.367. The number of aromatic nitrogens is 3. The van der Waals surface area contributed by atoms with Crippen molar-refractivity contribution in [2.24, 2.45) is 7.05 Å². The van der Waals surface area contributed by atoms with Gasteiger partial charge in [-0.15, -0.1) is 0 Å². The van der Waals surface area contributed by atoms with Crippen molar-refractivity contribution in [3.63, 3.8) is 0 Å². The highest BCUT2D eigenvalue weighted by molar-refractivity contribution is 6.09. The lowest BCUT2D eigenvalue weighted by Gasteiger charge is -2.11. The van der Waals surface area contributed by atoms with E-state index in [9.17, 15) is 4.79 Å². The highest BCUT2D eigenvalue weighted by Gasteiger charge is 2.17. The van der Waals surface area contributed by atoms with E-state index in [4.69, 9.17) is 4.74 Å². The van der Waals surface area contributed by atoms with Crippen molar-refractivity contribution in [2.45, 2.75) is 13.5 Å². The first kappa shape index (κ1) is 15.6. The molecule has 3 aromatic rings. The molecule has 3 rings (SSSR count). The van der Waals surface area contributed by atoms with Gasteiger partial charge in [0.15, 0.2) is 0 Å². The minimum atomic E-state index is -0.0508. The Morgan fingerprint density at radius 2 is 2.04 bits per heavy atom. The summed E-state index contributed by atoms with van der Waals surface area (Å²) in [5, 5.41) is 6.43. The summed E-state index contributed by atoms with van der Waals surface area (Å²) in [5.74, 6) is 0.779. The van der Waals surface area contributed by atoms with Gasteiger partial charge in [-0.3, -0.25) is 4.79 Å². The van der Waals surface area contributed by atoms with Crippen molar-refractivity contribution >= 4 is 21.8 Å². The third-order valence-electron chi connectivity index (χ3n) is 4.24. The predicted molar refractivity (Wildman–Crippen MR) is 92.3 cm³/mol. The van der Waals surface area contributed by atoms with Gasteiger partial charge in [-0.1, -0.05) is 0 Å². The number of fused-ring (bicyclic) bond motifs is 3. The first-order chi connectivity index (χ1) is 10.9. The van der Waals surface area contributed by atoms with Crippen molar-refractivity contribution in [1.82, 2.24) is 19.2 Å². The second-order valence-electron chi connectivity index (χ2n) is 6.08. The van der Waals surface area contributed by atoms with Crippen LogP contribution in [-0.4, -0.2) is 47.0 Å². The van der Waals surface area contributed by atoms with Crippen LogP contribution >= 0.6 is 0 Å². The van der Waals surface area contributed by atoms with E-state index in [1.807, 2.05) is 55.7 Å². The van der Waals surface area contributed by atoms with Gasteiger partial charge in [-0.25, -0.2) is 4.68 Å². The zero-order chi connectivity index (χ0) is 16.7. The lowest BCUT2D eigenvalue weighted by Crippen LogP contribution is -2.29. The van der Waals surface area contributed by atoms with Crippen LogP contribution in [0.1, 0.15) is 5.69 Å². The van der Waals surface area contributed by atoms with Gasteiger partial charge in [0, 0.05) is 29.9 Å². The number of likely N-dealkylation sites (N-methyl/N-ethyl adjacent to an activating group) is 1. The number of aryl methyl sites for hydroxylation is 2. The fraction of sp³-hybridized carbons (Fsp3) is 0.412. The van der Waals surface area contributed by atoms with Gasteiger partial charge >= 0.3 is 0 Å². The van der Waals surface area contributed by atoms with Crippen LogP contribution in [0.15, 0.2) is 23.0 Å². The SMILES string of the molecule is COc1ccc2c(c1)c1c(C)nn(CCN(C)C)c(=O)c1n2C. The molecule has 6 nitrogen and oxygen atoms in total. The van der Waals surface area contributed by atoms with E-state index in [0.29, 0.717) is 12.1 Å². The summed E-state index contributed by atoms with van der Waals surface area (Å²) in [4.78, 5) is 14.9. The Hall–Kier alpha value is -2.34. The monoisotopic (exact) mass is 314 g/mol. The van der Waals surface area contributed by atoms with E-state index < -0.39 is 0 Å². The zero-order valence-electron chi connectivity index (χ0n) is 14.3. The third-order valence-corrected chi connectivity index (χ3v) is 4.24. The molecule has 0 fully saturated rings. The number of benzene rings is 1. The second kappa shape index (κ2) is 5.70. The maximum atomic E-state index is 12.9. The first-order valence-corrected chi connectivity index (χ1v) is 7.62. The fourth-order valence-corrected chi connectivity index (χ4v) is 3.01. The number of nitrogens with zero attached hydrogens (tertiary/aromatic N) is 4. The van der Waals surface area contributed by atoms with Crippen LogP contribution in [0.2, 0.25) is 0 Å². The number of rotatable bonds is 4. The van der Waals surface area contributed by atoms with Crippen molar-refractivity contribution < 1.29 is 4.74 Å². The molecule has 2 aromatic heterocycles. The van der Waals surface area contributed by atoms with Gasteiger partial charge in [-0.05, 0) is 39.2 Å². The van der Waals surface area contributed by atoms with Crippen LogP contribution in [0, 0.1) is 6.92 Å². The van der Waals surface area contributed by atoms with Gasteiger partial charge in [0.05, 0.1) is 19.3 Å². The topological polar surface area (TPSA) is 52.3 Å². The van der Waals surface area contributed by atoms with Crippen LogP contribution in [0.4, 0.5) is 0 Å². The summed E-state index contributed by atoms with van der Waals surface area (Å²) in [5.41, 5.74) is 2.51. The molecule has 0 aliphatic heterocycles. The van der Waals surface area contributed by atoms with E-state index in [1.54, 1.807) is 11.8 Å². The maximum absolute atomic E-state index is 12.9. The maximum Gasteiger partial charge on any atom is 0.291 e. The molecule has 0 N–H and O–H groups in total. The minimum Gasteiger partial charge on any atom is -0.497 e. The standard InChI is InChI=1S/C17H22N4O2/c1-11-15-13-10-12(23-5)6-7-14(13)20(4)16(15)17(22)21(18-11)9-8-19(2)3/h6-7,10H,8-9H2,1-5H3. The molecule has 2 heterocycles. The van der Waals surface area contributed by atoms with Gasteiger partial charge in [0.2, 0.25) is 0 Å². The second-order valence-corrected chi connectivity index (χ2v) is 6.08. The van der Waals surface area contributed by atoms with Crippen LogP contribution in [0.25, 0.3) is 21.8 Å². The van der Waals surface area contributed by atoms with Crippen molar-refractivity contribution in [3.8, 4) is 5.75 Å². The van der Waals surface area contributed by atoms with Crippen molar-refractivity contribution in [2.75, 3.05) is 27.7 Å². The highest BCUT2D eigenvalue weighted by Crippen LogP contribution is 2.30. The Morgan fingerprint density at radius 3 is 2.70 bits per heavy atom. The quantitative estimate of drug-likeness (QED) is 0.736. The Balaban J connectivity index is 2.32. The zero-order valence-corrected chi connectivity index (χ0v) is 14.3. The molecule has 0 radical (unpaired) electrons. The summed E-state index contributed by atoms with van der Waals surface area (Å²) in [6, 6.07) is 5.86. The molecule has 0 bridgehead atoms. The number of hydrogen-bond acceptors (Lipinski definition) is 4. The summed E-state index contributed by atoms with van der Waals surface area (Å²) >= 11 is 0. The van der Waals surface area contributed by atoms with Gasteiger partial charge in [0.25, 0.3) is 5.56 Å². The molecule has 0 aliphatic rings. The summed E-state index contributed by atoms with van der Waals surface area (Å²) in [6.07, 6.45) is 0. The molecule has 0 unspecified atom stereocenters. The molecule has 1 aromatic carbocycles. The van der Waals surface area contributed by atoms with E-state index in [2.05, 4.69) is 5.10 Å². The molecule has 6 heteroatoms. The van der Waals surface area contributed by atoms with Crippen molar-refractivity contribution in [1.29, 1.82) is 0 Å². The molecule has 23 heavy (non-hydrogen) atoms. The Morgan fingerprint density at radius 1 is 1.30 bits per heavy atom. The van der Waals surface area contributed by atoms with E-state index in [0.717, 1.165) is 34.3 Å². The van der Waals surface area contributed by atoms with Gasteiger partial charge < -0.3 is 14.2 Å². The fourth-order valence-electron chi connectivity index (χ4n) is 3.01. The van der Waals surface area contributed by atoms with E-state index in [-0.39, 0.29) is 5.56 Å². The highest BCUT2D eigenvalue weighted by atomic mass is 16.5. The predicted octanol–water partition coefficient (Wildman–Crippen LogP) is 1.77. The van der Waals surface area contributed by atoms with Crippen LogP contribution in [-0.2, 0) is 13.6 Å². The van der Waals surface area contributed by atoms with Crippen LogP contribution in [0.5, 0.6) is 5.75 Å². The van der Waals surface area contributed by atoms with E-state index >= 15 is 0 Å². The van der Waals surface area contributed by atoms with Gasteiger partial charge in [0.1, 0.15) is 11.3 Å². The molecular weight excluding hydrogens is 292 g/mol. The number of methoxy groups -OCH3 is 1. The third kappa shape index (κ3) is 2.49. The average Bonchev–Trinajstić information content (AvgIpc) is 2.82. The number of hydrogen-bond donors (Lipinski definition) is 0. The summed E-state index contributed by atoms with van der Waals surface area (Å²) < 4.78 is 8.84. The summed E-state index contributed by atoms with van der Waals surface area (Å²) in [7, 11) is 7.54. The molecular formula is C17H22N4O2. The molecule has 0 atom stereocenters. The Bertz CT molecular complexity index is 937. The normalized spacial score (nSPS) is 11.7. The molecule has 0 aliphatic carbocycles. The Kier molecular flexibility index (Phi) is 3.85. The Labute approximate surface area is 134 Å². The largest absolute Gasteiger partial charge is 0.497 e. The molecule has 0 saturated carbocycles. The van der Waals surface area contributed by atoms with Crippen LogP contribution < -0.4 is 10.3 Å². The van der Waals surface area contributed by atoms with E-state index in [1.165, 1.54) is 0 Å². The molecule has 0 saturated heterocycles. The lowest BCUT2D eigenvalue weighted by atomic mass is 10.1. The minimum absolute atomic E-state index is 0.0508. The average molecular weight is 314 g/mol. The smallest absolute Gasteiger partial charge is 0.291 e. The molecule has 0 amide bonds. The van der Waals surface area contributed by atoms with Crippen LogP contribution in [0.3, 0.4) is 0 Å². The number of ether oxygens (including phenoxy) is 1. The summed E-state index contributed by atoms with van der Waals surface area (Å²) in [6.45, 7) is 3.30.